The van der Waals surface area contributed by atoms with Gasteiger partial charge in [0.2, 0.25) is 10.0 Å². The fourth-order valence-electron chi connectivity index (χ4n) is 2.94. The number of ether oxygens (including phenoxy) is 1. The van der Waals surface area contributed by atoms with E-state index in [1.54, 1.807) is 30.3 Å². The lowest BCUT2D eigenvalue weighted by atomic mass is 9.97. The fourth-order valence-corrected chi connectivity index (χ4v) is 3.90. The summed E-state index contributed by atoms with van der Waals surface area (Å²) in [5, 5.41) is 5.13. The second-order valence-electron chi connectivity index (χ2n) is 6.78. The molecule has 10 heteroatoms. The number of anilines is 1. The molecule has 168 valence electrons. The van der Waals surface area contributed by atoms with E-state index < -0.39 is 21.9 Å². The van der Waals surface area contributed by atoms with Crippen LogP contribution in [0.15, 0.2) is 70.0 Å². The van der Waals surface area contributed by atoms with Crippen molar-refractivity contribution in [1.82, 2.24) is 0 Å². The van der Waals surface area contributed by atoms with Gasteiger partial charge < -0.3 is 16.2 Å². The average Bonchev–Trinajstić information content (AvgIpc) is 2.77. The average molecular weight is 528 g/mol. The topological polar surface area (TPSA) is 156 Å². The number of primary sulfonamides is 1. The highest BCUT2D eigenvalue weighted by atomic mass is 79.9. The third-order valence-corrected chi connectivity index (χ3v) is 6.16. The van der Waals surface area contributed by atoms with E-state index in [1.807, 2.05) is 0 Å². The molecule has 3 aromatic carbocycles. The summed E-state index contributed by atoms with van der Waals surface area (Å²) in [6.45, 7) is -0.186. The summed E-state index contributed by atoms with van der Waals surface area (Å²) in [4.78, 5) is 24.0. The van der Waals surface area contributed by atoms with E-state index in [-0.39, 0.29) is 22.8 Å². The minimum atomic E-state index is -3.86. The second-order valence-corrected chi connectivity index (χ2v) is 9.19. The SMILES string of the molecule is NC(=O)c1cc(C#CCOC(=O)c2ccccc2Br)cc(-c2ccc(S(N)(=O)=O)cc2)c1N. The molecule has 0 saturated carbocycles. The first-order valence-corrected chi connectivity index (χ1v) is 11.7. The van der Waals surface area contributed by atoms with Crippen LogP contribution in [0.1, 0.15) is 26.3 Å². The number of nitrogen functional groups attached to an aromatic ring is 1. The molecule has 3 rings (SSSR count). The van der Waals surface area contributed by atoms with Gasteiger partial charge >= 0.3 is 5.97 Å². The molecule has 1 amide bonds. The van der Waals surface area contributed by atoms with Crippen LogP contribution in [0.5, 0.6) is 0 Å². The van der Waals surface area contributed by atoms with Crippen molar-refractivity contribution in [1.29, 1.82) is 0 Å². The number of nitrogens with two attached hydrogens (primary N) is 3. The van der Waals surface area contributed by atoms with Crippen molar-refractivity contribution in [2.24, 2.45) is 10.9 Å². The molecule has 3 aromatic rings. The van der Waals surface area contributed by atoms with Gasteiger partial charge in [-0.05, 0) is 57.9 Å². The fraction of sp³-hybridized carbons (Fsp3) is 0.0435. The molecule has 0 aliphatic heterocycles. The van der Waals surface area contributed by atoms with Crippen molar-refractivity contribution in [2.45, 2.75) is 4.90 Å². The van der Waals surface area contributed by atoms with Crippen LogP contribution in [0.3, 0.4) is 0 Å². The van der Waals surface area contributed by atoms with E-state index in [0.29, 0.717) is 26.7 Å². The zero-order chi connectivity index (χ0) is 24.2. The van der Waals surface area contributed by atoms with Crippen LogP contribution in [0.2, 0.25) is 0 Å². The number of rotatable bonds is 5. The highest BCUT2D eigenvalue weighted by Gasteiger charge is 2.15. The van der Waals surface area contributed by atoms with Crippen LogP contribution in [0.4, 0.5) is 5.69 Å². The Labute approximate surface area is 198 Å². The Morgan fingerprint density at radius 1 is 1.00 bits per heavy atom. The molecule has 0 aliphatic carbocycles. The van der Waals surface area contributed by atoms with Crippen molar-refractivity contribution < 1.29 is 22.7 Å². The van der Waals surface area contributed by atoms with Gasteiger partial charge in [-0.3, -0.25) is 4.79 Å². The summed E-state index contributed by atoms with van der Waals surface area (Å²) in [6, 6.07) is 15.5. The summed E-state index contributed by atoms with van der Waals surface area (Å²) in [5.41, 5.74) is 13.5. The number of hydrogen-bond donors (Lipinski definition) is 3. The predicted molar refractivity (Wildman–Crippen MR) is 127 cm³/mol. The quantitative estimate of drug-likeness (QED) is 0.263. The Bertz CT molecular complexity index is 1410. The Hall–Kier alpha value is -3.65. The lowest BCUT2D eigenvalue weighted by molar-refractivity contribution is 0.0555. The van der Waals surface area contributed by atoms with Gasteiger partial charge in [0.25, 0.3) is 5.91 Å². The number of sulfonamides is 1. The first-order chi connectivity index (χ1) is 15.6. The van der Waals surface area contributed by atoms with Gasteiger partial charge in [-0.1, -0.05) is 36.1 Å². The van der Waals surface area contributed by atoms with Crippen LogP contribution in [0, 0.1) is 11.8 Å². The molecule has 0 atom stereocenters. The lowest BCUT2D eigenvalue weighted by Gasteiger charge is -2.11. The maximum Gasteiger partial charge on any atom is 0.340 e. The summed E-state index contributed by atoms with van der Waals surface area (Å²) in [6.07, 6.45) is 0. The van der Waals surface area contributed by atoms with Crippen LogP contribution < -0.4 is 16.6 Å². The standard InChI is InChI=1S/C23H18BrN3O5S/c24-20-6-2-1-5-17(20)23(29)32-11-3-4-14-12-18(21(25)19(13-14)22(26)28)15-7-9-16(10-8-15)33(27,30)31/h1-2,5-10,12-13H,11,25H2,(H2,26,28)(H2,27,30,31). The lowest BCUT2D eigenvalue weighted by Crippen LogP contribution is -2.14. The monoisotopic (exact) mass is 527 g/mol. The van der Waals surface area contributed by atoms with Crippen molar-refractivity contribution >= 4 is 43.5 Å². The van der Waals surface area contributed by atoms with Crippen LogP contribution in [-0.2, 0) is 14.8 Å². The van der Waals surface area contributed by atoms with E-state index in [2.05, 4.69) is 27.8 Å². The van der Waals surface area contributed by atoms with E-state index in [0.717, 1.165) is 0 Å². The molecular weight excluding hydrogens is 510 g/mol. The van der Waals surface area contributed by atoms with E-state index in [1.165, 1.54) is 30.3 Å². The van der Waals surface area contributed by atoms with Gasteiger partial charge in [0.05, 0.1) is 21.7 Å². The van der Waals surface area contributed by atoms with Crippen molar-refractivity contribution in [3.8, 4) is 23.0 Å². The van der Waals surface area contributed by atoms with Gasteiger partial charge in [-0.2, -0.15) is 0 Å². The molecule has 0 spiro atoms. The third-order valence-electron chi connectivity index (χ3n) is 4.54. The third kappa shape index (κ3) is 5.78. The highest BCUT2D eigenvalue weighted by Crippen LogP contribution is 2.31. The van der Waals surface area contributed by atoms with Gasteiger partial charge in [-0.15, -0.1) is 0 Å². The normalized spacial score (nSPS) is 10.7. The maximum atomic E-state index is 12.2. The van der Waals surface area contributed by atoms with Crippen LogP contribution in [0.25, 0.3) is 11.1 Å². The molecule has 33 heavy (non-hydrogen) atoms. The number of benzene rings is 3. The molecule has 0 saturated heterocycles. The maximum absolute atomic E-state index is 12.2. The summed E-state index contributed by atoms with van der Waals surface area (Å²) >= 11 is 3.28. The number of halogens is 1. The van der Waals surface area contributed by atoms with Gasteiger partial charge in [0.15, 0.2) is 6.61 Å². The molecule has 0 heterocycles. The number of carbonyl (C=O) groups excluding carboxylic acids is 2. The van der Waals surface area contributed by atoms with Crippen LogP contribution >= 0.6 is 15.9 Å². The van der Waals surface area contributed by atoms with Gasteiger partial charge in [-0.25, -0.2) is 18.4 Å². The summed E-state index contributed by atoms with van der Waals surface area (Å²) < 4.78 is 28.7. The summed E-state index contributed by atoms with van der Waals surface area (Å²) in [5.74, 6) is 4.24. The Kier molecular flexibility index (Phi) is 7.18. The number of amides is 1. The molecule has 0 unspecified atom stereocenters. The second kappa shape index (κ2) is 9.87. The van der Waals surface area contributed by atoms with Crippen molar-refractivity contribution in [3.63, 3.8) is 0 Å². The number of primary amides is 1. The molecule has 0 bridgehead atoms. The Morgan fingerprint density at radius 2 is 1.67 bits per heavy atom. The molecule has 0 aromatic heterocycles. The first kappa shape index (κ1) is 24.0. The van der Waals surface area contributed by atoms with Crippen molar-refractivity contribution in [2.75, 3.05) is 12.3 Å². The predicted octanol–water partition coefficient (Wildman–Crippen LogP) is 2.65. The first-order valence-electron chi connectivity index (χ1n) is 9.35. The Balaban J connectivity index is 1.88. The van der Waals surface area contributed by atoms with Gasteiger partial charge in [0.1, 0.15) is 0 Å². The molecule has 0 radical (unpaired) electrons. The summed E-state index contributed by atoms with van der Waals surface area (Å²) in [7, 11) is -3.86. The smallest absolute Gasteiger partial charge is 0.340 e. The largest absolute Gasteiger partial charge is 0.449 e. The number of carbonyl (C=O) groups is 2. The molecule has 6 N–H and O–H groups in total. The molecule has 0 fully saturated rings. The minimum absolute atomic E-state index is 0.0533. The van der Waals surface area contributed by atoms with Crippen molar-refractivity contribution in [3.05, 3.63) is 81.8 Å². The molecule has 8 nitrogen and oxygen atoms in total. The Morgan fingerprint density at radius 3 is 2.27 bits per heavy atom. The zero-order valence-corrected chi connectivity index (χ0v) is 19.4. The van der Waals surface area contributed by atoms with E-state index in [4.69, 9.17) is 21.3 Å². The zero-order valence-electron chi connectivity index (χ0n) is 17.0. The highest BCUT2D eigenvalue weighted by molar-refractivity contribution is 9.10. The number of hydrogen-bond acceptors (Lipinski definition) is 6. The molecule has 0 aliphatic rings. The van der Waals surface area contributed by atoms with E-state index >= 15 is 0 Å². The molecular formula is C23H18BrN3O5S. The van der Waals surface area contributed by atoms with Crippen LogP contribution in [-0.4, -0.2) is 26.9 Å². The minimum Gasteiger partial charge on any atom is -0.449 e. The van der Waals surface area contributed by atoms with Gasteiger partial charge in [0, 0.05) is 15.6 Å². The number of esters is 1. The van der Waals surface area contributed by atoms with E-state index in [9.17, 15) is 18.0 Å².